The molecule has 2 atom stereocenters. The summed E-state index contributed by atoms with van der Waals surface area (Å²) in [6, 6.07) is 8.03. The number of para-hydroxylation sites is 1. The first-order chi connectivity index (χ1) is 9.13. The van der Waals surface area contributed by atoms with Crippen molar-refractivity contribution >= 4 is 0 Å². The van der Waals surface area contributed by atoms with E-state index in [2.05, 4.69) is 13.0 Å². The number of rotatable bonds is 6. The first kappa shape index (κ1) is 14.4. The summed E-state index contributed by atoms with van der Waals surface area (Å²) in [7, 11) is 1.70. The largest absolute Gasteiger partial charge is 0.496 e. The standard InChI is InChI=1S/C16H25NO2/c1-16(17,11-5-7-13-8-6-12-19-13)14-9-3-4-10-15(14)18-2/h3-4,9-10,13H,5-8,11-12,17H2,1-2H3. The molecule has 3 heteroatoms. The normalized spacial score (nSPS) is 22.2. The summed E-state index contributed by atoms with van der Waals surface area (Å²) >= 11 is 0. The molecular formula is C16H25NO2. The Balaban J connectivity index is 1.92. The van der Waals surface area contributed by atoms with Gasteiger partial charge in [-0.2, -0.15) is 0 Å². The average molecular weight is 263 g/mol. The van der Waals surface area contributed by atoms with Crippen molar-refractivity contribution in [3.8, 4) is 5.75 Å². The van der Waals surface area contributed by atoms with E-state index in [1.807, 2.05) is 18.2 Å². The molecule has 1 aromatic carbocycles. The van der Waals surface area contributed by atoms with Crippen LogP contribution in [-0.4, -0.2) is 19.8 Å². The summed E-state index contributed by atoms with van der Waals surface area (Å²) in [5.74, 6) is 0.879. The number of hydrogen-bond acceptors (Lipinski definition) is 3. The van der Waals surface area contributed by atoms with E-state index in [1.54, 1.807) is 7.11 Å². The van der Waals surface area contributed by atoms with E-state index in [-0.39, 0.29) is 5.54 Å². The number of nitrogens with two attached hydrogens (primary N) is 1. The number of ether oxygens (including phenoxy) is 2. The Labute approximate surface area is 116 Å². The van der Waals surface area contributed by atoms with Crippen molar-refractivity contribution in [2.45, 2.75) is 50.7 Å². The van der Waals surface area contributed by atoms with Gasteiger partial charge in [-0.1, -0.05) is 18.2 Å². The lowest BCUT2D eigenvalue weighted by molar-refractivity contribution is 0.100. The molecule has 0 radical (unpaired) electrons. The Morgan fingerprint density at radius 1 is 1.42 bits per heavy atom. The second-order valence-electron chi connectivity index (χ2n) is 5.65. The SMILES string of the molecule is COc1ccccc1C(C)(N)CCCC1CCCO1. The van der Waals surface area contributed by atoms with Crippen LogP contribution < -0.4 is 10.5 Å². The fraction of sp³-hybridized carbons (Fsp3) is 0.625. The molecule has 0 saturated carbocycles. The molecular weight excluding hydrogens is 238 g/mol. The van der Waals surface area contributed by atoms with E-state index in [4.69, 9.17) is 15.2 Å². The van der Waals surface area contributed by atoms with Gasteiger partial charge in [0.1, 0.15) is 5.75 Å². The summed E-state index contributed by atoms with van der Waals surface area (Å²) in [5, 5.41) is 0. The van der Waals surface area contributed by atoms with Gasteiger partial charge in [0.05, 0.1) is 13.2 Å². The molecule has 2 unspecified atom stereocenters. The molecule has 2 N–H and O–H groups in total. The highest BCUT2D eigenvalue weighted by Gasteiger charge is 2.25. The summed E-state index contributed by atoms with van der Waals surface area (Å²) in [5.41, 5.74) is 7.22. The van der Waals surface area contributed by atoms with Crippen molar-refractivity contribution in [3.63, 3.8) is 0 Å². The minimum atomic E-state index is -0.342. The Hall–Kier alpha value is -1.06. The van der Waals surface area contributed by atoms with Gasteiger partial charge >= 0.3 is 0 Å². The first-order valence-corrected chi connectivity index (χ1v) is 7.17. The van der Waals surface area contributed by atoms with Crippen LogP contribution in [0.4, 0.5) is 0 Å². The van der Waals surface area contributed by atoms with Crippen LogP contribution in [0.3, 0.4) is 0 Å². The molecule has 0 bridgehead atoms. The Kier molecular flexibility index (Phi) is 4.83. The molecule has 0 aliphatic carbocycles. The van der Waals surface area contributed by atoms with Crippen LogP contribution in [0, 0.1) is 0 Å². The second-order valence-corrected chi connectivity index (χ2v) is 5.65. The minimum absolute atomic E-state index is 0.342. The zero-order valence-electron chi connectivity index (χ0n) is 12.0. The predicted molar refractivity (Wildman–Crippen MR) is 77.4 cm³/mol. The lowest BCUT2D eigenvalue weighted by Gasteiger charge is -2.27. The summed E-state index contributed by atoms with van der Waals surface area (Å²) < 4.78 is 11.1. The Morgan fingerprint density at radius 2 is 2.21 bits per heavy atom. The van der Waals surface area contributed by atoms with Gasteiger partial charge in [0.25, 0.3) is 0 Å². The predicted octanol–water partition coefficient (Wildman–Crippen LogP) is 3.22. The van der Waals surface area contributed by atoms with Gasteiger partial charge in [0.2, 0.25) is 0 Å². The van der Waals surface area contributed by atoms with E-state index in [9.17, 15) is 0 Å². The van der Waals surface area contributed by atoms with Gasteiger partial charge in [-0.25, -0.2) is 0 Å². The zero-order chi connectivity index (χ0) is 13.7. The fourth-order valence-corrected chi connectivity index (χ4v) is 2.82. The molecule has 0 aromatic heterocycles. The molecule has 2 rings (SSSR count). The van der Waals surface area contributed by atoms with E-state index in [0.717, 1.165) is 37.2 Å². The average Bonchev–Trinajstić information content (AvgIpc) is 2.91. The number of benzene rings is 1. The summed E-state index contributed by atoms with van der Waals surface area (Å²) in [6.45, 7) is 3.01. The molecule has 1 aliphatic heterocycles. The molecule has 1 fully saturated rings. The van der Waals surface area contributed by atoms with Crippen LogP contribution >= 0.6 is 0 Å². The number of methoxy groups -OCH3 is 1. The first-order valence-electron chi connectivity index (χ1n) is 7.17. The third-order valence-electron chi connectivity index (χ3n) is 3.97. The van der Waals surface area contributed by atoms with Crippen LogP contribution in [0.5, 0.6) is 5.75 Å². The lowest BCUT2D eigenvalue weighted by Crippen LogP contribution is -2.33. The topological polar surface area (TPSA) is 44.5 Å². The van der Waals surface area contributed by atoms with Crippen molar-refractivity contribution < 1.29 is 9.47 Å². The van der Waals surface area contributed by atoms with Gasteiger partial charge < -0.3 is 15.2 Å². The van der Waals surface area contributed by atoms with Crippen molar-refractivity contribution in [2.75, 3.05) is 13.7 Å². The summed E-state index contributed by atoms with van der Waals surface area (Å²) in [6.07, 6.45) is 6.02. The van der Waals surface area contributed by atoms with Gasteiger partial charge in [-0.15, -0.1) is 0 Å². The maximum absolute atomic E-state index is 6.48. The maximum Gasteiger partial charge on any atom is 0.123 e. The fourth-order valence-electron chi connectivity index (χ4n) is 2.82. The molecule has 19 heavy (non-hydrogen) atoms. The third kappa shape index (κ3) is 3.71. The summed E-state index contributed by atoms with van der Waals surface area (Å²) in [4.78, 5) is 0. The molecule has 1 aromatic rings. The van der Waals surface area contributed by atoms with Crippen LogP contribution in [0.1, 0.15) is 44.6 Å². The Bertz CT molecular complexity index is 397. The molecule has 3 nitrogen and oxygen atoms in total. The van der Waals surface area contributed by atoms with Crippen LogP contribution in [-0.2, 0) is 10.3 Å². The van der Waals surface area contributed by atoms with E-state index in [0.29, 0.717) is 6.10 Å². The molecule has 0 amide bonds. The Morgan fingerprint density at radius 3 is 2.89 bits per heavy atom. The second kappa shape index (κ2) is 6.40. The number of hydrogen-bond donors (Lipinski definition) is 1. The third-order valence-corrected chi connectivity index (χ3v) is 3.97. The van der Waals surface area contributed by atoms with Crippen molar-refractivity contribution in [1.82, 2.24) is 0 Å². The van der Waals surface area contributed by atoms with E-state index in [1.165, 1.54) is 12.8 Å². The lowest BCUT2D eigenvalue weighted by atomic mass is 9.86. The molecule has 0 spiro atoms. The highest BCUT2D eigenvalue weighted by molar-refractivity contribution is 5.38. The van der Waals surface area contributed by atoms with Gasteiger partial charge in [-0.3, -0.25) is 0 Å². The van der Waals surface area contributed by atoms with Crippen molar-refractivity contribution in [2.24, 2.45) is 5.73 Å². The molecule has 1 saturated heterocycles. The minimum Gasteiger partial charge on any atom is -0.496 e. The van der Waals surface area contributed by atoms with Gasteiger partial charge in [0, 0.05) is 17.7 Å². The highest BCUT2D eigenvalue weighted by Crippen LogP contribution is 2.32. The van der Waals surface area contributed by atoms with E-state index >= 15 is 0 Å². The van der Waals surface area contributed by atoms with Crippen LogP contribution in [0.25, 0.3) is 0 Å². The molecule has 1 heterocycles. The highest BCUT2D eigenvalue weighted by atomic mass is 16.5. The zero-order valence-corrected chi connectivity index (χ0v) is 12.0. The van der Waals surface area contributed by atoms with Crippen molar-refractivity contribution in [1.29, 1.82) is 0 Å². The van der Waals surface area contributed by atoms with Crippen molar-refractivity contribution in [3.05, 3.63) is 29.8 Å². The molecule has 106 valence electrons. The quantitative estimate of drug-likeness (QED) is 0.857. The van der Waals surface area contributed by atoms with Gasteiger partial charge in [-0.05, 0) is 45.1 Å². The molecule has 1 aliphatic rings. The monoisotopic (exact) mass is 263 g/mol. The van der Waals surface area contributed by atoms with Crippen LogP contribution in [0.15, 0.2) is 24.3 Å². The van der Waals surface area contributed by atoms with Gasteiger partial charge in [0.15, 0.2) is 0 Å². The van der Waals surface area contributed by atoms with Crippen LogP contribution in [0.2, 0.25) is 0 Å². The smallest absolute Gasteiger partial charge is 0.123 e. The maximum atomic E-state index is 6.48. The van der Waals surface area contributed by atoms with E-state index < -0.39 is 0 Å².